The third kappa shape index (κ3) is 3.10. The lowest BCUT2D eigenvalue weighted by molar-refractivity contribution is -0.385. The molecule has 1 saturated heterocycles. The molecule has 0 aromatic heterocycles. The quantitative estimate of drug-likeness (QED) is 0.653. The summed E-state index contributed by atoms with van der Waals surface area (Å²) in [5.74, 6) is -1.04. The summed E-state index contributed by atoms with van der Waals surface area (Å²) in [4.78, 5) is 34.7. The molecule has 0 bridgehead atoms. The molecule has 0 radical (unpaired) electrons. The highest BCUT2D eigenvalue weighted by Gasteiger charge is 2.34. The van der Waals surface area contributed by atoms with Gasteiger partial charge in [0, 0.05) is 23.9 Å². The van der Waals surface area contributed by atoms with Gasteiger partial charge in [-0.1, -0.05) is 6.07 Å². The third-order valence-electron chi connectivity index (χ3n) is 3.46. The molecule has 1 unspecified atom stereocenters. The van der Waals surface area contributed by atoms with Crippen LogP contribution in [0.4, 0.5) is 16.2 Å². The summed E-state index contributed by atoms with van der Waals surface area (Å²) in [6.45, 7) is 1.96. The van der Waals surface area contributed by atoms with E-state index in [0.717, 1.165) is 0 Å². The molecule has 2 rings (SSSR count). The Balaban J connectivity index is 2.14. The van der Waals surface area contributed by atoms with Crippen molar-refractivity contribution in [2.24, 2.45) is 0 Å². The van der Waals surface area contributed by atoms with Gasteiger partial charge in [0.1, 0.15) is 6.04 Å². The lowest BCUT2D eigenvalue weighted by Crippen LogP contribution is -2.42. The molecule has 8 nitrogen and oxygen atoms in total. The molecule has 112 valence electrons. The molecule has 2 amide bonds. The van der Waals surface area contributed by atoms with Crippen molar-refractivity contribution in [1.29, 1.82) is 0 Å². The summed E-state index contributed by atoms with van der Waals surface area (Å²) in [7, 11) is 0. The Morgan fingerprint density at radius 2 is 2.19 bits per heavy atom. The van der Waals surface area contributed by atoms with Crippen LogP contribution in [0.1, 0.15) is 18.4 Å². The Bertz CT molecular complexity index is 601. The monoisotopic (exact) mass is 293 g/mol. The third-order valence-corrected chi connectivity index (χ3v) is 3.46. The first-order chi connectivity index (χ1) is 9.90. The number of carboxylic acid groups (broad SMARTS) is 1. The van der Waals surface area contributed by atoms with Crippen LogP contribution in [-0.2, 0) is 4.79 Å². The van der Waals surface area contributed by atoms with Crippen LogP contribution in [0.3, 0.4) is 0 Å². The van der Waals surface area contributed by atoms with Crippen molar-refractivity contribution in [2.45, 2.75) is 25.8 Å². The van der Waals surface area contributed by atoms with E-state index in [9.17, 15) is 19.7 Å². The predicted octanol–water partition coefficient (Wildman–Crippen LogP) is 1.98. The molecule has 0 aliphatic carbocycles. The van der Waals surface area contributed by atoms with E-state index in [1.54, 1.807) is 13.0 Å². The van der Waals surface area contributed by atoms with Gasteiger partial charge < -0.3 is 15.3 Å². The number of aliphatic carboxylic acids is 1. The molecule has 1 aromatic rings. The van der Waals surface area contributed by atoms with Crippen molar-refractivity contribution in [3.63, 3.8) is 0 Å². The summed E-state index contributed by atoms with van der Waals surface area (Å²) in [6, 6.07) is 2.95. The van der Waals surface area contributed by atoms with Gasteiger partial charge in [-0.15, -0.1) is 0 Å². The van der Waals surface area contributed by atoms with Crippen LogP contribution in [-0.4, -0.2) is 39.5 Å². The van der Waals surface area contributed by atoms with Crippen LogP contribution in [0.5, 0.6) is 0 Å². The first-order valence-electron chi connectivity index (χ1n) is 6.45. The van der Waals surface area contributed by atoms with E-state index in [1.165, 1.54) is 17.0 Å². The number of nitro benzene ring substituents is 1. The first kappa shape index (κ1) is 14.8. The SMILES string of the molecule is Cc1ccc(NC(=O)N2CCCC2C(=O)O)cc1[N+](=O)[O-]. The maximum absolute atomic E-state index is 12.1. The van der Waals surface area contributed by atoms with Crippen molar-refractivity contribution in [2.75, 3.05) is 11.9 Å². The number of carboxylic acids is 1. The number of carbonyl (C=O) groups is 2. The molecule has 0 saturated carbocycles. The molecule has 1 aromatic carbocycles. The van der Waals surface area contributed by atoms with Crippen LogP contribution < -0.4 is 5.32 Å². The van der Waals surface area contributed by atoms with E-state index in [4.69, 9.17) is 5.11 Å². The number of hydrogen-bond donors (Lipinski definition) is 2. The molecule has 8 heteroatoms. The van der Waals surface area contributed by atoms with E-state index in [0.29, 0.717) is 24.9 Å². The first-order valence-corrected chi connectivity index (χ1v) is 6.45. The minimum absolute atomic E-state index is 0.0935. The highest BCUT2D eigenvalue weighted by molar-refractivity contribution is 5.93. The van der Waals surface area contributed by atoms with Crippen LogP contribution in [0.25, 0.3) is 0 Å². The van der Waals surface area contributed by atoms with Gasteiger partial charge in [-0.2, -0.15) is 0 Å². The highest BCUT2D eigenvalue weighted by atomic mass is 16.6. The normalized spacial score (nSPS) is 17.6. The second-order valence-electron chi connectivity index (χ2n) is 4.88. The maximum Gasteiger partial charge on any atom is 0.326 e. The Labute approximate surface area is 120 Å². The number of rotatable bonds is 3. The van der Waals surface area contributed by atoms with Crippen LogP contribution in [0.2, 0.25) is 0 Å². The molecule has 1 atom stereocenters. The number of carbonyl (C=O) groups excluding carboxylic acids is 1. The summed E-state index contributed by atoms with van der Waals surface area (Å²) < 4.78 is 0. The smallest absolute Gasteiger partial charge is 0.326 e. The zero-order valence-electron chi connectivity index (χ0n) is 11.4. The summed E-state index contributed by atoms with van der Waals surface area (Å²) in [5, 5.41) is 22.4. The fraction of sp³-hybridized carbons (Fsp3) is 0.385. The number of anilines is 1. The number of aryl methyl sites for hydroxylation is 1. The summed E-state index contributed by atoms with van der Waals surface area (Å²) >= 11 is 0. The maximum atomic E-state index is 12.1. The highest BCUT2D eigenvalue weighted by Crippen LogP contribution is 2.24. The Kier molecular flexibility index (Phi) is 4.06. The molecule has 1 heterocycles. The predicted molar refractivity (Wildman–Crippen MR) is 74.2 cm³/mol. The number of amides is 2. The summed E-state index contributed by atoms with van der Waals surface area (Å²) in [5.41, 5.74) is 0.667. The molecule has 1 aliphatic rings. The minimum atomic E-state index is -1.04. The zero-order valence-corrected chi connectivity index (χ0v) is 11.4. The van der Waals surface area contributed by atoms with Gasteiger partial charge in [0.2, 0.25) is 0 Å². The standard InChI is InChI=1S/C13H15N3O5/c1-8-4-5-9(7-11(8)16(20)21)14-13(19)15-6-2-3-10(15)12(17)18/h4-5,7,10H,2-3,6H2,1H3,(H,14,19)(H,17,18). The summed E-state index contributed by atoms with van der Waals surface area (Å²) in [6.07, 6.45) is 1.04. The van der Waals surface area contributed by atoms with Gasteiger partial charge in [0.25, 0.3) is 5.69 Å². The minimum Gasteiger partial charge on any atom is -0.480 e. The fourth-order valence-electron chi connectivity index (χ4n) is 2.35. The van der Waals surface area contributed by atoms with Crippen LogP contribution >= 0.6 is 0 Å². The van der Waals surface area contributed by atoms with E-state index in [2.05, 4.69) is 5.32 Å². The van der Waals surface area contributed by atoms with E-state index in [1.807, 2.05) is 0 Å². The number of likely N-dealkylation sites (tertiary alicyclic amines) is 1. The van der Waals surface area contributed by atoms with Crippen molar-refractivity contribution in [3.05, 3.63) is 33.9 Å². The Hall–Kier alpha value is -2.64. The average molecular weight is 293 g/mol. The van der Waals surface area contributed by atoms with Gasteiger partial charge >= 0.3 is 12.0 Å². The lowest BCUT2D eigenvalue weighted by atomic mass is 10.2. The Morgan fingerprint density at radius 1 is 1.48 bits per heavy atom. The van der Waals surface area contributed by atoms with Crippen molar-refractivity contribution >= 4 is 23.4 Å². The molecular weight excluding hydrogens is 278 g/mol. The zero-order chi connectivity index (χ0) is 15.6. The molecule has 0 spiro atoms. The van der Waals surface area contributed by atoms with Crippen molar-refractivity contribution < 1.29 is 19.6 Å². The molecule has 1 fully saturated rings. The second-order valence-corrected chi connectivity index (χ2v) is 4.88. The number of nitrogens with zero attached hydrogens (tertiary/aromatic N) is 2. The van der Waals surface area contributed by atoms with Crippen molar-refractivity contribution in [1.82, 2.24) is 4.90 Å². The van der Waals surface area contributed by atoms with E-state index >= 15 is 0 Å². The fourth-order valence-corrected chi connectivity index (χ4v) is 2.35. The van der Waals surface area contributed by atoms with Crippen LogP contribution in [0, 0.1) is 17.0 Å². The topological polar surface area (TPSA) is 113 Å². The number of urea groups is 1. The van der Waals surface area contributed by atoms with E-state index < -0.39 is 23.0 Å². The molecular formula is C13H15N3O5. The van der Waals surface area contributed by atoms with Crippen molar-refractivity contribution in [3.8, 4) is 0 Å². The van der Waals surface area contributed by atoms with Crippen LogP contribution in [0.15, 0.2) is 18.2 Å². The number of hydrogen-bond acceptors (Lipinski definition) is 4. The second kappa shape index (κ2) is 5.78. The molecule has 1 aliphatic heterocycles. The largest absolute Gasteiger partial charge is 0.480 e. The van der Waals surface area contributed by atoms with Gasteiger partial charge in [-0.05, 0) is 25.8 Å². The van der Waals surface area contributed by atoms with Gasteiger partial charge in [0.05, 0.1) is 4.92 Å². The average Bonchev–Trinajstić information content (AvgIpc) is 2.90. The number of nitro groups is 1. The van der Waals surface area contributed by atoms with Gasteiger partial charge in [-0.25, -0.2) is 9.59 Å². The molecule has 21 heavy (non-hydrogen) atoms. The van der Waals surface area contributed by atoms with E-state index in [-0.39, 0.29) is 11.4 Å². The van der Waals surface area contributed by atoms with Gasteiger partial charge in [0.15, 0.2) is 0 Å². The number of nitrogens with one attached hydrogen (secondary N) is 1. The molecule has 2 N–H and O–H groups in total. The number of benzene rings is 1. The van der Waals surface area contributed by atoms with Gasteiger partial charge in [-0.3, -0.25) is 10.1 Å². The lowest BCUT2D eigenvalue weighted by Gasteiger charge is -2.21. The Morgan fingerprint density at radius 3 is 2.81 bits per heavy atom.